The molecule has 0 saturated heterocycles. The van der Waals surface area contributed by atoms with Crippen molar-refractivity contribution in [2.24, 2.45) is 10.9 Å². The summed E-state index contributed by atoms with van der Waals surface area (Å²) < 4.78 is 0. The smallest absolute Gasteiger partial charge is 0.259 e. The first-order valence-corrected chi connectivity index (χ1v) is 6.12. The van der Waals surface area contributed by atoms with Crippen LogP contribution in [0.2, 0.25) is 5.02 Å². The van der Waals surface area contributed by atoms with Gasteiger partial charge in [0.05, 0.1) is 22.5 Å². The maximum atomic E-state index is 12.1. The Hall–Kier alpha value is -2.80. The van der Waals surface area contributed by atoms with Crippen molar-refractivity contribution in [2.45, 2.75) is 0 Å². The van der Waals surface area contributed by atoms with E-state index < -0.39 is 5.91 Å². The average molecular weight is 307 g/mol. The molecule has 2 rings (SSSR count). The van der Waals surface area contributed by atoms with Gasteiger partial charge in [0, 0.05) is 11.8 Å². The fourth-order valence-electron chi connectivity index (χ4n) is 1.61. The lowest BCUT2D eigenvalue weighted by molar-refractivity contribution is 0.102. The molecule has 8 heteroatoms. The van der Waals surface area contributed by atoms with E-state index in [4.69, 9.17) is 22.5 Å². The molecule has 108 valence electrons. The number of nitrogens with one attached hydrogen (secondary N) is 1. The number of rotatable bonds is 3. The van der Waals surface area contributed by atoms with Crippen LogP contribution in [0.5, 0.6) is 5.75 Å². The van der Waals surface area contributed by atoms with Crippen molar-refractivity contribution < 1.29 is 15.1 Å². The molecular weight excluding hydrogens is 296 g/mol. The predicted octanol–water partition coefficient (Wildman–Crippen LogP) is 1.79. The van der Waals surface area contributed by atoms with Gasteiger partial charge in [-0.25, -0.2) is 0 Å². The van der Waals surface area contributed by atoms with Crippen molar-refractivity contribution in [3.05, 3.63) is 52.8 Å². The minimum Gasteiger partial charge on any atom is -0.505 e. The van der Waals surface area contributed by atoms with Crippen LogP contribution < -0.4 is 11.1 Å². The lowest BCUT2D eigenvalue weighted by Gasteiger charge is -2.09. The highest BCUT2D eigenvalue weighted by Gasteiger charge is 2.13. The largest absolute Gasteiger partial charge is 0.505 e. The summed E-state index contributed by atoms with van der Waals surface area (Å²) in [4.78, 5) is 15.8. The molecule has 0 bridgehead atoms. The van der Waals surface area contributed by atoms with Gasteiger partial charge in [-0.3, -0.25) is 9.78 Å². The number of hydrogen-bond acceptors (Lipinski definition) is 5. The molecule has 0 fully saturated rings. The molecule has 1 amide bonds. The first kappa shape index (κ1) is 14.6. The average Bonchev–Trinajstić information content (AvgIpc) is 2.49. The summed E-state index contributed by atoms with van der Waals surface area (Å²) in [6.07, 6.45) is 2.53. The first-order valence-electron chi connectivity index (χ1n) is 5.74. The lowest BCUT2D eigenvalue weighted by atomic mass is 10.1. The minimum atomic E-state index is -0.562. The fraction of sp³-hybridized carbons (Fsp3) is 0. The highest BCUT2D eigenvalue weighted by molar-refractivity contribution is 6.34. The van der Waals surface area contributed by atoms with Crippen LogP contribution in [0.1, 0.15) is 15.9 Å². The zero-order valence-corrected chi connectivity index (χ0v) is 11.4. The normalized spacial score (nSPS) is 11.2. The number of hydrogen-bond donors (Lipinski definition) is 4. The number of nitrogens with zero attached hydrogens (tertiary/aromatic N) is 2. The van der Waals surface area contributed by atoms with Crippen molar-refractivity contribution in [1.82, 2.24) is 4.98 Å². The van der Waals surface area contributed by atoms with Gasteiger partial charge in [-0.05, 0) is 24.3 Å². The van der Waals surface area contributed by atoms with E-state index in [0.29, 0.717) is 5.56 Å². The standard InChI is InChI=1S/C13H11ClN4O3/c14-9-2-1-7(12(15)18-21)5-10(9)17-13(20)8-3-4-16-6-11(8)19/h1-6,19,21H,(H2,15,18)(H,17,20). The van der Waals surface area contributed by atoms with Gasteiger partial charge in [0.2, 0.25) is 0 Å². The number of benzene rings is 1. The number of oxime groups is 1. The van der Waals surface area contributed by atoms with Gasteiger partial charge in [0.15, 0.2) is 5.84 Å². The van der Waals surface area contributed by atoms with E-state index in [0.717, 1.165) is 6.20 Å². The Morgan fingerprint density at radius 3 is 2.81 bits per heavy atom. The van der Waals surface area contributed by atoms with Crippen molar-refractivity contribution in [2.75, 3.05) is 5.32 Å². The maximum Gasteiger partial charge on any atom is 0.259 e. The van der Waals surface area contributed by atoms with Crippen LogP contribution in [0.4, 0.5) is 5.69 Å². The summed E-state index contributed by atoms with van der Waals surface area (Å²) in [7, 11) is 0. The summed E-state index contributed by atoms with van der Waals surface area (Å²) in [6.45, 7) is 0. The van der Waals surface area contributed by atoms with Crippen LogP contribution in [0.25, 0.3) is 0 Å². The zero-order valence-electron chi connectivity index (χ0n) is 10.6. The van der Waals surface area contributed by atoms with Crippen LogP contribution in [-0.2, 0) is 0 Å². The molecule has 0 saturated carbocycles. The second-order valence-electron chi connectivity index (χ2n) is 4.03. The maximum absolute atomic E-state index is 12.1. The molecule has 1 heterocycles. The van der Waals surface area contributed by atoms with Gasteiger partial charge < -0.3 is 21.4 Å². The Kier molecular flexibility index (Phi) is 4.24. The molecule has 1 aromatic carbocycles. The highest BCUT2D eigenvalue weighted by atomic mass is 35.5. The van der Waals surface area contributed by atoms with Crippen molar-refractivity contribution in [1.29, 1.82) is 0 Å². The molecule has 0 radical (unpaired) electrons. The number of halogens is 1. The topological polar surface area (TPSA) is 121 Å². The third-order valence-corrected chi connectivity index (χ3v) is 2.99. The second kappa shape index (κ2) is 6.10. The molecule has 21 heavy (non-hydrogen) atoms. The quantitative estimate of drug-likeness (QED) is 0.298. The Balaban J connectivity index is 2.31. The predicted molar refractivity (Wildman–Crippen MR) is 77.8 cm³/mol. The number of carbonyl (C=O) groups excluding carboxylic acids is 1. The Morgan fingerprint density at radius 2 is 2.14 bits per heavy atom. The third-order valence-electron chi connectivity index (χ3n) is 2.66. The van der Waals surface area contributed by atoms with Crippen LogP contribution in [-0.4, -0.2) is 27.0 Å². The summed E-state index contributed by atoms with van der Waals surface area (Å²) in [5.74, 6) is -0.930. The molecule has 5 N–H and O–H groups in total. The number of nitrogens with two attached hydrogens (primary N) is 1. The zero-order chi connectivity index (χ0) is 15.4. The molecule has 0 spiro atoms. The number of amidine groups is 1. The number of carbonyl (C=O) groups is 1. The highest BCUT2D eigenvalue weighted by Crippen LogP contribution is 2.25. The Labute approximate surface area is 124 Å². The Bertz CT molecular complexity index is 718. The van der Waals surface area contributed by atoms with E-state index in [9.17, 15) is 9.90 Å². The molecule has 0 aliphatic rings. The minimum absolute atomic E-state index is 0.0512. The van der Waals surface area contributed by atoms with E-state index in [1.54, 1.807) is 0 Å². The number of amides is 1. The van der Waals surface area contributed by atoms with Crippen LogP contribution in [0.3, 0.4) is 0 Å². The van der Waals surface area contributed by atoms with Crippen LogP contribution in [0, 0.1) is 0 Å². The summed E-state index contributed by atoms with van der Waals surface area (Å²) >= 11 is 5.98. The number of aromatic hydroxyl groups is 1. The molecular formula is C13H11ClN4O3. The number of anilines is 1. The summed E-state index contributed by atoms with van der Waals surface area (Å²) in [5, 5.41) is 23.9. The molecule has 1 aromatic heterocycles. The SMILES string of the molecule is N/C(=N/O)c1ccc(Cl)c(NC(=O)c2ccncc2O)c1. The Morgan fingerprint density at radius 1 is 1.38 bits per heavy atom. The van der Waals surface area contributed by atoms with Crippen molar-refractivity contribution in [3.8, 4) is 5.75 Å². The molecule has 0 aliphatic heterocycles. The molecule has 0 unspecified atom stereocenters. The summed E-state index contributed by atoms with van der Waals surface area (Å²) in [6, 6.07) is 5.85. The van der Waals surface area contributed by atoms with Gasteiger partial charge in [-0.2, -0.15) is 0 Å². The monoisotopic (exact) mass is 306 g/mol. The van der Waals surface area contributed by atoms with Crippen LogP contribution in [0.15, 0.2) is 41.8 Å². The molecule has 0 aliphatic carbocycles. The second-order valence-corrected chi connectivity index (χ2v) is 4.43. The third kappa shape index (κ3) is 3.21. The molecule has 2 aromatic rings. The summed E-state index contributed by atoms with van der Waals surface area (Å²) in [5.41, 5.74) is 6.18. The van der Waals surface area contributed by atoms with Gasteiger partial charge in [-0.1, -0.05) is 16.8 Å². The molecule has 7 nitrogen and oxygen atoms in total. The molecule has 0 atom stereocenters. The lowest BCUT2D eigenvalue weighted by Crippen LogP contribution is -2.16. The van der Waals surface area contributed by atoms with E-state index in [1.165, 1.54) is 30.5 Å². The first-order chi connectivity index (χ1) is 10.0. The fourth-order valence-corrected chi connectivity index (χ4v) is 1.77. The van der Waals surface area contributed by atoms with E-state index >= 15 is 0 Å². The number of pyridine rings is 1. The van der Waals surface area contributed by atoms with E-state index in [1.807, 2.05) is 0 Å². The number of aromatic nitrogens is 1. The van der Waals surface area contributed by atoms with Gasteiger partial charge >= 0.3 is 0 Å². The van der Waals surface area contributed by atoms with Crippen LogP contribution >= 0.6 is 11.6 Å². The van der Waals surface area contributed by atoms with E-state index in [2.05, 4.69) is 15.5 Å². The van der Waals surface area contributed by atoms with Gasteiger partial charge in [0.25, 0.3) is 5.91 Å². The van der Waals surface area contributed by atoms with Gasteiger partial charge in [-0.15, -0.1) is 0 Å². The van der Waals surface area contributed by atoms with Gasteiger partial charge in [0.1, 0.15) is 5.75 Å². The van der Waals surface area contributed by atoms with E-state index in [-0.39, 0.29) is 27.9 Å². The van der Waals surface area contributed by atoms with Crippen molar-refractivity contribution >= 4 is 29.0 Å². The van der Waals surface area contributed by atoms with Crippen molar-refractivity contribution in [3.63, 3.8) is 0 Å².